The number of hydrogen-bond acceptors (Lipinski definition) is 5. The van der Waals surface area contributed by atoms with E-state index in [0.717, 1.165) is 32.5 Å². The Hall–Kier alpha value is -0.690. The average Bonchev–Trinajstić information content (AvgIpc) is 2.92. The monoisotopic (exact) mass is 274 g/mol. The normalized spacial score (nSPS) is 19.0. The van der Waals surface area contributed by atoms with E-state index < -0.39 is 0 Å². The molecule has 1 rings (SSSR count). The van der Waals surface area contributed by atoms with Gasteiger partial charge in [-0.05, 0) is 12.8 Å². The highest BCUT2D eigenvalue weighted by molar-refractivity contribution is 5.78. The second-order valence-electron chi connectivity index (χ2n) is 4.70. The summed E-state index contributed by atoms with van der Waals surface area (Å²) in [7, 11) is 3.32. The Morgan fingerprint density at radius 1 is 1.32 bits per heavy atom. The average molecular weight is 274 g/mol. The van der Waals surface area contributed by atoms with E-state index in [4.69, 9.17) is 14.2 Å². The van der Waals surface area contributed by atoms with Gasteiger partial charge in [-0.3, -0.25) is 9.69 Å². The SMILES string of the molecule is COCCN(CCOC)CC(=O)NCC1CCCO1. The number of rotatable bonds is 10. The second kappa shape index (κ2) is 10.1. The van der Waals surface area contributed by atoms with Crippen molar-refractivity contribution >= 4 is 5.91 Å². The Labute approximate surface area is 115 Å². The topological polar surface area (TPSA) is 60.0 Å². The third-order valence-corrected chi connectivity index (χ3v) is 3.14. The van der Waals surface area contributed by atoms with E-state index in [-0.39, 0.29) is 12.0 Å². The highest BCUT2D eigenvalue weighted by atomic mass is 16.5. The molecule has 0 spiro atoms. The van der Waals surface area contributed by atoms with Gasteiger partial charge >= 0.3 is 0 Å². The fraction of sp³-hybridized carbons (Fsp3) is 0.923. The van der Waals surface area contributed by atoms with Crippen molar-refractivity contribution in [3.05, 3.63) is 0 Å². The van der Waals surface area contributed by atoms with Crippen LogP contribution < -0.4 is 5.32 Å². The molecule has 0 bridgehead atoms. The lowest BCUT2D eigenvalue weighted by Gasteiger charge is -2.21. The molecule has 1 heterocycles. The van der Waals surface area contributed by atoms with Crippen LogP contribution >= 0.6 is 0 Å². The fourth-order valence-corrected chi connectivity index (χ4v) is 2.00. The van der Waals surface area contributed by atoms with E-state index in [2.05, 4.69) is 5.32 Å². The Bertz CT molecular complexity index is 237. The third kappa shape index (κ3) is 7.47. The molecule has 6 heteroatoms. The maximum absolute atomic E-state index is 11.8. The minimum atomic E-state index is 0.0303. The van der Waals surface area contributed by atoms with Crippen LogP contribution in [-0.2, 0) is 19.0 Å². The van der Waals surface area contributed by atoms with Crippen LogP contribution in [0.5, 0.6) is 0 Å². The van der Waals surface area contributed by atoms with Crippen LogP contribution in [0, 0.1) is 0 Å². The van der Waals surface area contributed by atoms with Crippen LogP contribution in [0.15, 0.2) is 0 Å². The molecule has 0 aromatic carbocycles. The lowest BCUT2D eigenvalue weighted by atomic mass is 10.2. The molecule has 1 aliphatic heterocycles. The quantitative estimate of drug-likeness (QED) is 0.602. The molecule has 6 nitrogen and oxygen atoms in total. The number of nitrogens with zero attached hydrogens (tertiary/aromatic N) is 1. The summed E-state index contributed by atoms with van der Waals surface area (Å²) < 4.78 is 15.6. The van der Waals surface area contributed by atoms with Gasteiger partial charge in [-0.25, -0.2) is 0 Å². The van der Waals surface area contributed by atoms with Gasteiger partial charge in [0.05, 0.1) is 25.9 Å². The van der Waals surface area contributed by atoms with E-state index in [1.165, 1.54) is 0 Å². The molecule has 0 aromatic rings. The van der Waals surface area contributed by atoms with E-state index in [9.17, 15) is 4.79 Å². The summed E-state index contributed by atoms with van der Waals surface area (Å²) >= 11 is 0. The number of nitrogens with one attached hydrogen (secondary N) is 1. The van der Waals surface area contributed by atoms with Gasteiger partial charge in [-0.15, -0.1) is 0 Å². The first-order valence-corrected chi connectivity index (χ1v) is 6.84. The van der Waals surface area contributed by atoms with Gasteiger partial charge < -0.3 is 19.5 Å². The minimum Gasteiger partial charge on any atom is -0.383 e. The number of methoxy groups -OCH3 is 2. The molecule has 1 unspecified atom stereocenters. The Morgan fingerprint density at radius 2 is 2.00 bits per heavy atom. The van der Waals surface area contributed by atoms with Crippen LogP contribution in [0.4, 0.5) is 0 Å². The molecule has 1 N–H and O–H groups in total. The first-order chi connectivity index (χ1) is 9.26. The minimum absolute atomic E-state index is 0.0303. The molecule has 1 fully saturated rings. The molecule has 112 valence electrons. The highest BCUT2D eigenvalue weighted by Gasteiger charge is 2.17. The first kappa shape index (κ1) is 16.4. The zero-order valence-corrected chi connectivity index (χ0v) is 12.0. The molecule has 0 radical (unpaired) electrons. The maximum Gasteiger partial charge on any atom is 0.234 e. The first-order valence-electron chi connectivity index (χ1n) is 6.84. The van der Waals surface area contributed by atoms with Crippen LogP contribution in [-0.4, -0.2) is 77.1 Å². The number of ether oxygens (including phenoxy) is 3. The van der Waals surface area contributed by atoms with Crippen LogP contribution in [0.1, 0.15) is 12.8 Å². The molecular weight excluding hydrogens is 248 g/mol. The summed E-state index contributed by atoms with van der Waals surface area (Å²) in [6.07, 6.45) is 2.32. The largest absolute Gasteiger partial charge is 0.383 e. The van der Waals surface area contributed by atoms with Crippen molar-refractivity contribution in [2.45, 2.75) is 18.9 Å². The van der Waals surface area contributed by atoms with Crippen molar-refractivity contribution in [3.8, 4) is 0 Å². The number of amides is 1. The van der Waals surface area contributed by atoms with E-state index in [1.807, 2.05) is 4.90 Å². The van der Waals surface area contributed by atoms with Crippen molar-refractivity contribution in [2.75, 3.05) is 60.2 Å². The maximum atomic E-state index is 11.8. The molecule has 0 aliphatic carbocycles. The smallest absolute Gasteiger partial charge is 0.234 e. The van der Waals surface area contributed by atoms with E-state index >= 15 is 0 Å². The summed E-state index contributed by atoms with van der Waals surface area (Å²) in [6, 6.07) is 0. The van der Waals surface area contributed by atoms with Gasteiger partial charge in [-0.1, -0.05) is 0 Å². The summed E-state index contributed by atoms with van der Waals surface area (Å²) in [5.41, 5.74) is 0. The zero-order valence-electron chi connectivity index (χ0n) is 12.0. The highest BCUT2D eigenvalue weighted by Crippen LogP contribution is 2.10. The molecular formula is C13H26N2O4. The van der Waals surface area contributed by atoms with Gasteiger partial charge in [0.2, 0.25) is 5.91 Å². The molecule has 1 saturated heterocycles. The third-order valence-electron chi connectivity index (χ3n) is 3.14. The molecule has 1 atom stereocenters. The van der Waals surface area contributed by atoms with Crippen LogP contribution in [0.3, 0.4) is 0 Å². The predicted molar refractivity (Wildman–Crippen MR) is 72.2 cm³/mol. The molecule has 0 aromatic heterocycles. The van der Waals surface area contributed by atoms with Gasteiger partial charge in [0.15, 0.2) is 0 Å². The summed E-state index contributed by atoms with van der Waals surface area (Å²) in [6.45, 7) is 4.49. The van der Waals surface area contributed by atoms with Crippen LogP contribution in [0.2, 0.25) is 0 Å². The van der Waals surface area contributed by atoms with E-state index in [0.29, 0.717) is 26.3 Å². The summed E-state index contributed by atoms with van der Waals surface area (Å²) in [4.78, 5) is 13.9. The Morgan fingerprint density at radius 3 is 2.53 bits per heavy atom. The second-order valence-corrected chi connectivity index (χ2v) is 4.70. The van der Waals surface area contributed by atoms with Crippen molar-refractivity contribution in [1.82, 2.24) is 10.2 Å². The standard InChI is InChI=1S/C13H26N2O4/c1-17-8-5-15(6-9-18-2)11-13(16)14-10-12-4-3-7-19-12/h12H,3-11H2,1-2H3,(H,14,16). The lowest BCUT2D eigenvalue weighted by Crippen LogP contribution is -2.42. The molecule has 1 aliphatic rings. The molecule has 0 saturated carbocycles. The van der Waals surface area contributed by atoms with Gasteiger partial charge in [0.1, 0.15) is 0 Å². The van der Waals surface area contributed by atoms with E-state index in [1.54, 1.807) is 14.2 Å². The van der Waals surface area contributed by atoms with Crippen molar-refractivity contribution < 1.29 is 19.0 Å². The van der Waals surface area contributed by atoms with Crippen molar-refractivity contribution in [3.63, 3.8) is 0 Å². The number of carbonyl (C=O) groups is 1. The fourth-order valence-electron chi connectivity index (χ4n) is 2.00. The lowest BCUT2D eigenvalue weighted by molar-refractivity contribution is -0.123. The summed E-state index contributed by atoms with van der Waals surface area (Å²) in [5, 5.41) is 2.92. The van der Waals surface area contributed by atoms with Crippen LogP contribution in [0.25, 0.3) is 0 Å². The van der Waals surface area contributed by atoms with Gasteiger partial charge in [0, 0.05) is 40.5 Å². The number of carbonyl (C=O) groups excluding carboxylic acids is 1. The van der Waals surface area contributed by atoms with Gasteiger partial charge in [-0.2, -0.15) is 0 Å². The Kier molecular flexibility index (Phi) is 8.73. The summed E-state index contributed by atoms with van der Waals surface area (Å²) in [5.74, 6) is 0.0303. The van der Waals surface area contributed by atoms with Gasteiger partial charge in [0.25, 0.3) is 0 Å². The van der Waals surface area contributed by atoms with Crippen molar-refractivity contribution in [1.29, 1.82) is 0 Å². The number of hydrogen-bond donors (Lipinski definition) is 1. The molecule has 1 amide bonds. The van der Waals surface area contributed by atoms with Crippen molar-refractivity contribution in [2.24, 2.45) is 0 Å². The predicted octanol–water partition coefficient (Wildman–Crippen LogP) is -0.124. The Balaban J connectivity index is 2.19. The zero-order chi connectivity index (χ0) is 13.9. The molecule has 19 heavy (non-hydrogen) atoms.